The molecule has 0 radical (unpaired) electrons. The molecule has 0 fully saturated rings. The lowest BCUT2D eigenvalue weighted by atomic mass is 10.0. The summed E-state index contributed by atoms with van der Waals surface area (Å²) in [7, 11) is 0. The Bertz CT molecular complexity index is 1270. The molecule has 1 unspecified atom stereocenters. The van der Waals surface area contributed by atoms with Crippen molar-refractivity contribution in [3.05, 3.63) is 71.0 Å². The van der Waals surface area contributed by atoms with Gasteiger partial charge in [-0.3, -0.25) is 14.7 Å². The van der Waals surface area contributed by atoms with Crippen LogP contribution in [0.1, 0.15) is 62.5 Å². The van der Waals surface area contributed by atoms with Crippen LogP contribution in [0.4, 0.5) is 5.13 Å². The van der Waals surface area contributed by atoms with Crippen LogP contribution >= 0.6 is 23.1 Å². The molecule has 0 aliphatic rings. The van der Waals surface area contributed by atoms with E-state index in [1.54, 1.807) is 0 Å². The van der Waals surface area contributed by atoms with Crippen LogP contribution < -0.4 is 10.1 Å². The first-order valence-corrected chi connectivity index (χ1v) is 13.8. The molecule has 4 rings (SSSR count). The van der Waals surface area contributed by atoms with E-state index in [0.717, 1.165) is 29.3 Å². The van der Waals surface area contributed by atoms with Crippen LogP contribution in [0.3, 0.4) is 0 Å². The summed E-state index contributed by atoms with van der Waals surface area (Å²) in [5.74, 6) is 1.88. The van der Waals surface area contributed by atoms with Gasteiger partial charge in [0.2, 0.25) is 11.0 Å². The van der Waals surface area contributed by atoms with Crippen molar-refractivity contribution in [1.29, 1.82) is 0 Å². The van der Waals surface area contributed by atoms with Gasteiger partial charge in [-0.25, -0.2) is 0 Å². The fraction of sp³-hybridized carbons (Fsp3) is 0.346. The first-order valence-electron chi connectivity index (χ1n) is 12.0. The van der Waals surface area contributed by atoms with Crippen LogP contribution in [-0.2, 0) is 11.2 Å². The smallest absolute Gasteiger partial charge is 0.236 e. The van der Waals surface area contributed by atoms with Crippen LogP contribution in [0.25, 0.3) is 5.69 Å². The Morgan fingerprint density at radius 2 is 1.78 bits per heavy atom. The van der Waals surface area contributed by atoms with Crippen LogP contribution in [-0.4, -0.2) is 36.6 Å². The Labute approximate surface area is 219 Å². The van der Waals surface area contributed by atoms with Gasteiger partial charge in [-0.1, -0.05) is 74.2 Å². The number of para-hydroxylation sites is 1. The van der Waals surface area contributed by atoms with E-state index in [4.69, 9.17) is 4.74 Å². The summed E-state index contributed by atoms with van der Waals surface area (Å²) in [5.41, 5.74) is 2.16. The zero-order chi connectivity index (χ0) is 25.5. The third-order valence-corrected chi connectivity index (χ3v) is 7.23. The molecule has 2 aromatic heterocycles. The first kappa shape index (κ1) is 25.8. The van der Waals surface area contributed by atoms with E-state index in [0.29, 0.717) is 22.0 Å². The van der Waals surface area contributed by atoms with Gasteiger partial charge in [0.1, 0.15) is 10.8 Å². The Balaban J connectivity index is 1.49. The van der Waals surface area contributed by atoms with Gasteiger partial charge in [-0.05, 0) is 49.1 Å². The van der Waals surface area contributed by atoms with Crippen molar-refractivity contribution in [3.63, 3.8) is 0 Å². The lowest BCUT2D eigenvalue weighted by Crippen LogP contribution is -2.15. The number of rotatable bonds is 11. The topological polar surface area (TPSA) is 94.8 Å². The van der Waals surface area contributed by atoms with Gasteiger partial charge in [0.15, 0.2) is 17.1 Å². The number of amides is 1. The van der Waals surface area contributed by atoms with Crippen molar-refractivity contribution in [2.24, 2.45) is 0 Å². The Morgan fingerprint density at radius 3 is 2.47 bits per heavy atom. The minimum absolute atomic E-state index is 0.166. The zero-order valence-electron chi connectivity index (χ0n) is 20.8. The average molecular weight is 523 g/mol. The lowest BCUT2D eigenvalue weighted by molar-refractivity contribution is -0.113. The van der Waals surface area contributed by atoms with Crippen molar-refractivity contribution >= 4 is 34.1 Å². The molecule has 2 aromatic carbocycles. The average Bonchev–Trinajstić information content (AvgIpc) is 3.50. The van der Waals surface area contributed by atoms with E-state index in [1.165, 1.54) is 28.7 Å². The molecule has 8 nitrogen and oxygen atoms in total. The highest BCUT2D eigenvalue weighted by atomic mass is 32.2. The number of anilines is 1. The normalized spacial score (nSPS) is 12.0. The molecule has 0 aliphatic heterocycles. The molecule has 0 aliphatic carbocycles. The predicted molar refractivity (Wildman–Crippen MR) is 144 cm³/mol. The van der Waals surface area contributed by atoms with Gasteiger partial charge >= 0.3 is 0 Å². The number of nitrogens with zero attached hydrogens (tertiary/aromatic N) is 5. The number of carbonyl (C=O) groups is 1. The summed E-state index contributed by atoms with van der Waals surface area (Å²) in [4.78, 5) is 12.6. The van der Waals surface area contributed by atoms with Crippen molar-refractivity contribution in [2.45, 2.75) is 57.7 Å². The SMILES string of the molecule is CCCc1nnc(NC(=O)CSc2nnc(C(C)Oc3ccc(C(C)C)cc3)n2-c2ccccc2)s1. The fourth-order valence-corrected chi connectivity index (χ4v) is 5.17. The third kappa shape index (κ3) is 6.50. The van der Waals surface area contributed by atoms with E-state index in [-0.39, 0.29) is 17.8 Å². The second kappa shape index (κ2) is 12.1. The second-order valence-corrected chi connectivity index (χ2v) is 10.6. The van der Waals surface area contributed by atoms with E-state index >= 15 is 0 Å². The molecule has 4 aromatic rings. The number of hydrogen-bond donors (Lipinski definition) is 1. The summed E-state index contributed by atoms with van der Waals surface area (Å²) in [6, 6.07) is 18.0. The highest BCUT2D eigenvalue weighted by Gasteiger charge is 2.22. The molecule has 36 heavy (non-hydrogen) atoms. The largest absolute Gasteiger partial charge is 0.483 e. The molecule has 10 heteroatoms. The quantitative estimate of drug-likeness (QED) is 0.239. The maximum atomic E-state index is 12.6. The van der Waals surface area contributed by atoms with Gasteiger partial charge in [0.25, 0.3) is 0 Å². The highest BCUT2D eigenvalue weighted by Crippen LogP contribution is 2.29. The minimum Gasteiger partial charge on any atom is -0.483 e. The second-order valence-electron chi connectivity index (χ2n) is 8.58. The molecule has 0 spiro atoms. The van der Waals surface area contributed by atoms with Crippen molar-refractivity contribution in [1.82, 2.24) is 25.0 Å². The Kier molecular flexibility index (Phi) is 8.71. The molecular weight excluding hydrogens is 492 g/mol. The number of hydrogen-bond acceptors (Lipinski definition) is 8. The van der Waals surface area contributed by atoms with Crippen LogP contribution in [0.15, 0.2) is 59.8 Å². The number of carbonyl (C=O) groups excluding carboxylic acids is 1. The van der Waals surface area contributed by atoms with Crippen LogP contribution in [0, 0.1) is 0 Å². The van der Waals surface area contributed by atoms with Crippen molar-refractivity contribution < 1.29 is 9.53 Å². The van der Waals surface area contributed by atoms with Crippen molar-refractivity contribution in [3.8, 4) is 11.4 Å². The van der Waals surface area contributed by atoms with Gasteiger partial charge in [-0.15, -0.1) is 20.4 Å². The summed E-state index contributed by atoms with van der Waals surface area (Å²) >= 11 is 2.72. The van der Waals surface area contributed by atoms with E-state index in [1.807, 2.05) is 54.0 Å². The Hall–Kier alpha value is -3.24. The highest BCUT2D eigenvalue weighted by molar-refractivity contribution is 7.99. The zero-order valence-corrected chi connectivity index (χ0v) is 22.5. The molecular formula is C26H30N6O2S2. The maximum absolute atomic E-state index is 12.6. The number of nitrogens with one attached hydrogen (secondary N) is 1. The number of benzene rings is 2. The molecule has 0 saturated heterocycles. The summed E-state index contributed by atoms with van der Waals surface area (Å²) in [6.45, 7) is 8.36. The summed E-state index contributed by atoms with van der Waals surface area (Å²) in [6.07, 6.45) is 1.48. The minimum atomic E-state index is -0.357. The van der Waals surface area contributed by atoms with E-state index < -0.39 is 0 Å². The number of aryl methyl sites for hydroxylation is 1. The standard InChI is InChI=1S/C26H30N6O2S2/c1-5-9-23-28-30-25(36-23)27-22(33)16-35-26-31-29-24(32(26)20-10-7-6-8-11-20)18(4)34-21-14-12-19(13-15-21)17(2)3/h6-8,10-15,17-18H,5,9,16H2,1-4H3,(H,27,30,33). The van der Waals surface area contributed by atoms with Gasteiger partial charge in [0, 0.05) is 12.1 Å². The Morgan fingerprint density at radius 1 is 1.03 bits per heavy atom. The maximum Gasteiger partial charge on any atom is 0.236 e. The first-order chi connectivity index (χ1) is 17.4. The number of thioether (sulfide) groups is 1. The van der Waals surface area contributed by atoms with Gasteiger partial charge in [0.05, 0.1) is 5.75 Å². The predicted octanol–water partition coefficient (Wildman–Crippen LogP) is 6.07. The summed E-state index contributed by atoms with van der Waals surface area (Å²) in [5, 5.41) is 21.9. The number of ether oxygens (including phenoxy) is 1. The van der Waals surface area contributed by atoms with Crippen molar-refractivity contribution in [2.75, 3.05) is 11.1 Å². The van der Waals surface area contributed by atoms with Crippen LogP contribution in [0.2, 0.25) is 0 Å². The summed E-state index contributed by atoms with van der Waals surface area (Å²) < 4.78 is 8.15. The van der Waals surface area contributed by atoms with Crippen LogP contribution in [0.5, 0.6) is 5.75 Å². The third-order valence-electron chi connectivity index (χ3n) is 5.41. The number of aromatic nitrogens is 5. The molecule has 1 atom stereocenters. The van der Waals surface area contributed by atoms with E-state index in [9.17, 15) is 4.79 Å². The molecule has 1 N–H and O–H groups in total. The molecule has 2 heterocycles. The monoisotopic (exact) mass is 522 g/mol. The lowest BCUT2D eigenvalue weighted by Gasteiger charge is -2.17. The molecule has 1 amide bonds. The van der Waals surface area contributed by atoms with Gasteiger partial charge < -0.3 is 4.74 Å². The fourth-order valence-electron chi connectivity index (χ4n) is 3.55. The molecule has 0 saturated carbocycles. The molecule has 0 bridgehead atoms. The molecule has 188 valence electrons. The van der Waals surface area contributed by atoms with Gasteiger partial charge in [-0.2, -0.15) is 0 Å². The van der Waals surface area contributed by atoms with E-state index in [2.05, 4.69) is 58.6 Å².